The zero-order chi connectivity index (χ0) is 15.7. The molecule has 114 valence electrons. The molecule has 1 fully saturated rings. The molecule has 2 N–H and O–H groups in total. The topological polar surface area (TPSA) is 62.2 Å². The number of carbonyl (C=O) groups is 1. The second-order valence-corrected chi connectivity index (χ2v) is 6.37. The number of halogens is 1. The molecule has 1 aliphatic carbocycles. The third-order valence-corrected chi connectivity index (χ3v) is 4.32. The van der Waals surface area contributed by atoms with Gasteiger partial charge in [0.2, 0.25) is 0 Å². The van der Waals surface area contributed by atoms with Gasteiger partial charge in [-0.25, -0.2) is 14.2 Å². The van der Waals surface area contributed by atoms with E-state index in [1.165, 1.54) is 11.8 Å². The van der Waals surface area contributed by atoms with Gasteiger partial charge >= 0.3 is 5.97 Å². The molecule has 2 aromatic rings. The van der Waals surface area contributed by atoms with E-state index in [0.29, 0.717) is 0 Å². The molecule has 22 heavy (non-hydrogen) atoms. The summed E-state index contributed by atoms with van der Waals surface area (Å²) in [6, 6.07) is 8.94. The normalized spacial score (nSPS) is 13.9. The molecule has 1 heterocycles. The molecule has 3 rings (SSSR count). The van der Waals surface area contributed by atoms with Crippen molar-refractivity contribution in [2.75, 3.05) is 5.32 Å². The van der Waals surface area contributed by atoms with E-state index in [9.17, 15) is 14.3 Å². The van der Waals surface area contributed by atoms with Crippen LogP contribution in [-0.4, -0.2) is 22.1 Å². The first kappa shape index (κ1) is 14.8. The number of carboxylic acids is 1. The lowest BCUT2D eigenvalue weighted by Crippen LogP contribution is -2.11. The van der Waals surface area contributed by atoms with E-state index in [0.717, 1.165) is 29.4 Å². The van der Waals surface area contributed by atoms with Crippen molar-refractivity contribution in [3.63, 3.8) is 0 Å². The number of benzene rings is 1. The Balaban J connectivity index is 1.92. The molecule has 0 spiro atoms. The molecule has 0 atom stereocenters. The predicted octanol–water partition coefficient (Wildman–Crippen LogP) is 3.95. The number of pyridine rings is 1. The molecule has 0 saturated heterocycles. The summed E-state index contributed by atoms with van der Waals surface area (Å²) in [5.74, 6) is -1.56. The summed E-state index contributed by atoms with van der Waals surface area (Å²) in [4.78, 5) is 16.3. The lowest BCUT2D eigenvalue weighted by molar-refractivity contribution is 0.0696. The number of nitrogens with one attached hydrogen (secondary N) is 1. The van der Waals surface area contributed by atoms with Crippen LogP contribution in [0.15, 0.2) is 40.3 Å². The van der Waals surface area contributed by atoms with Crippen LogP contribution in [0.25, 0.3) is 0 Å². The van der Waals surface area contributed by atoms with Crippen LogP contribution in [0.4, 0.5) is 10.2 Å². The van der Waals surface area contributed by atoms with Crippen molar-refractivity contribution >= 4 is 23.5 Å². The molecule has 0 radical (unpaired) electrons. The molecule has 0 bridgehead atoms. The maximum absolute atomic E-state index is 14.1. The number of anilines is 1. The van der Waals surface area contributed by atoms with Gasteiger partial charge in [0.25, 0.3) is 0 Å². The Bertz CT molecular complexity index is 715. The van der Waals surface area contributed by atoms with Crippen LogP contribution < -0.4 is 5.32 Å². The first-order chi connectivity index (χ1) is 10.5. The van der Waals surface area contributed by atoms with Gasteiger partial charge in [-0.3, -0.25) is 0 Å². The molecule has 1 aromatic heterocycles. The van der Waals surface area contributed by atoms with Crippen LogP contribution in [0, 0.1) is 12.7 Å². The van der Waals surface area contributed by atoms with Crippen molar-refractivity contribution in [2.45, 2.75) is 35.7 Å². The molecule has 0 unspecified atom stereocenters. The molecule has 0 aliphatic heterocycles. The number of aryl methyl sites for hydroxylation is 1. The van der Waals surface area contributed by atoms with Gasteiger partial charge in [-0.2, -0.15) is 0 Å². The van der Waals surface area contributed by atoms with Gasteiger partial charge in [-0.05, 0) is 38.0 Å². The summed E-state index contributed by atoms with van der Waals surface area (Å²) >= 11 is 1.19. The van der Waals surface area contributed by atoms with Crippen molar-refractivity contribution in [1.29, 1.82) is 0 Å². The highest BCUT2D eigenvalue weighted by Gasteiger charge is 2.25. The van der Waals surface area contributed by atoms with Gasteiger partial charge in [0, 0.05) is 10.9 Å². The zero-order valence-corrected chi connectivity index (χ0v) is 12.8. The Hall–Kier alpha value is -2.08. The molecule has 6 heteroatoms. The number of carboxylic acid groups (broad SMARTS) is 1. The Labute approximate surface area is 131 Å². The lowest BCUT2D eigenvalue weighted by atomic mass is 10.2. The van der Waals surface area contributed by atoms with Crippen molar-refractivity contribution < 1.29 is 14.3 Å². The number of hydrogen-bond donors (Lipinski definition) is 2. The fourth-order valence-corrected chi connectivity index (χ4v) is 2.74. The lowest BCUT2D eigenvalue weighted by Gasteiger charge is -2.11. The van der Waals surface area contributed by atoms with Gasteiger partial charge in [-0.15, -0.1) is 0 Å². The summed E-state index contributed by atoms with van der Waals surface area (Å²) in [6.07, 6.45) is 1.97. The number of hydrogen-bond acceptors (Lipinski definition) is 4. The highest BCUT2D eigenvalue weighted by atomic mass is 32.2. The van der Waals surface area contributed by atoms with E-state index >= 15 is 0 Å². The quantitative estimate of drug-likeness (QED) is 0.874. The summed E-state index contributed by atoms with van der Waals surface area (Å²) in [5, 5.41) is 12.4. The van der Waals surface area contributed by atoms with Crippen LogP contribution in [0.2, 0.25) is 0 Å². The van der Waals surface area contributed by atoms with E-state index in [1.807, 2.05) is 31.2 Å². The smallest absolute Gasteiger partial charge is 0.339 e. The van der Waals surface area contributed by atoms with Crippen molar-refractivity contribution in [3.05, 3.63) is 47.3 Å². The average Bonchev–Trinajstić information content (AvgIpc) is 3.28. The largest absolute Gasteiger partial charge is 0.478 e. The average molecular weight is 318 g/mol. The van der Waals surface area contributed by atoms with E-state index in [4.69, 9.17) is 0 Å². The molecule has 0 amide bonds. The summed E-state index contributed by atoms with van der Waals surface area (Å²) in [7, 11) is 0. The van der Waals surface area contributed by atoms with Crippen molar-refractivity contribution in [1.82, 2.24) is 4.98 Å². The third kappa shape index (κ3) is 3.39. The van der Waals surface area contributed by atoms with Gasteiger partial charge < -0.3 is 10.4 Å². The first-order valence-corrected chi connectivity index (χ1v) is 7.79. The van der Waals surface area contributed by atoms with Gasteiger partial charge in [0.15, 0.2) is 5.82 Å². The first-order valence-electron chi connectivity index (χ1n) is 6.98. The maximum atomic E-state index is 14.1. The van der Waals surface area contributed by atoms with Crippen LogP contribution in [-0.2, 0) is 0 Å². The Morgan fingerprint density at radius 3 is 2.64 bits per heavy atom. The SMILES string of the molecule is Cc1ccc(Sc2nc(NC3CC3)c(C(=O)O)cc2F)cc1. The summed E-state index contributed by atoms with van der Waals surface area (Å²) in [6.45, 7) is 1.98. The highest BCUT2D eigenvalue weighted by Crippen LogP contribution is 2.32. The number of nitrogens with zero attached hydrogens (tertiary/aromatic N) is 1. The van der Waals surface area contributed by atoms with Gasteiger partial charge in [0.05, 0.1) is 0 Å². The predicted molar refractivity (Wildman–Crippen MR) is 83.1 cm³/mol. The third-order valence-electron chi connectivity index (χ3n) is 3.33. The number of aromatic carboxylic acids is 1. The van der Waals surface area contributed by atoms with Gasteiger partial charge in [0.1, 0.15) is 16.4 Å². The molecule has 1 aromatic carbocycles. The number of aromatic nitrogens is 1. The Kier molecular flexibility index (Phi) is 4.02. The zero-order valence-electron chi connectivity index (χ0n) is 12.0. The number of rotatable bonds is 5. The fourth-order valence-electron chi connectivity index (χ4n) is 1.96. The minimum absolute atomic E-state index is 0.127. The van der Waals surface area contributed by atoms with E-state index in [-0.39, 0.29) is 22.4 Å². The minimum atomic E-state index is -1.18. The Morgan fingerprint density at radius 2 is 2.05 bits per heavy atom. The fraction of sp³-hybridized carbons (Fsp3) is 0.250. The van der Waals surface area contributed by atoms with Crippen LogP contribution >= 0.6 is 11.8 Å². The summed E-state index contributed by atoms with van der Waals surface area (Å²) < 4.78 is 14.1. The van der Waals surface area contributed by atoms with Crippen LogP contribution in [0.5, 0.6) is 0 Å². The standard InChI is InChI=1S/C16H15FN2O2S/c1-9-2-6-11(7-3-9)22-15-13(17)8-12(16(20)21)14(19-15)18-10-4-5-10/h2-3,6-8,10H,4-5H2,1H3,(H,18,19)(H,20,21). The van der Waals surface area contributed by atoms with Gasteiger partial charge in [-0.1, -0.05) is 29.5 Å². The van der Waals surface area contributed by atoms with E-state index in [1.54, 1.807) is 0 Å². The van der Waals surface area contributed by atoms with Crippen LogP contribution in [0.1, 0.15) is 28.8 Å². The Morgan fingerprint density at radius 1 is 1.36 bits per heavy atom. The molecule has 1 aliphatic rings. The van der Waals surface area contributed by atoms with Crippen LogP contribution in [0.3, 0.4) is 0 Å². The molecular weight excluding hydrogens is 303 g/mol. The maximum Gasteiger partial charge on any atom is 0.339 e. The van der Waals surface area contributed by atoms with E-state index in [2.05, 4.69) is 10.3 Å². The monoisotopic (exact) mass is 318 g/mol. The highest BCUT2D eigenvalue weighted by molar-refractivity contribution is 7.99. The molecule has 1 saturated carbocycles. The molecule has 4 nitrogen and oxygen atoms in total. The second kappa shape index (κ2) is 5.96. The molecular formula is C16H15FN2O2S. The van der Waals surface area contributed by atoms with Crippen molar-refractivity contribution in [2.24, 2.45) is 0 Å². The summed E-state index contributed by atoms with van der Waals surface area (Å²) in [5.41, 5.74) is 0.993. The van der Waals surface area contributed by atoms with Crippen molar-refractivity contribution in [3.8, 4) is 0 Å². The van der Waals surface area contributed by atoms with E-state index < -0.39 is 11.8 Å². The second-order valence-electron chi connectivity index (χ2n) is 5.31. The minimum Gasteiger partial charge on any atom is -0.478 e.